The number of rotatable bonds is 3. The highest BCUT2D eigenvalue weighted by Crippen LogP contribution is 2.36. The zero-order valence-corrected chi connectivity index (χ0v) is 16.8. The van der Waals surface area contributed by atoms with Gasteiger partial charge in [0.15, 0.2) is 11.6 Å². The Labute approximate surface area is 169 Å². The van der Waals surface area contributed by atoms with E-state index in [1.54, 1.807) is 44.3 Å². The van der Waals surface area contributed by atoms with Gasteiger partial charge >= 0.3 is 0 Å². The van der Waals surface area contributed by atoms with Crippen LogP contribution in [0.5, 0.6) is 11.5 Å². The average Bonchev–Trinajstić information content (AvgIpc) is 2.77. The van der Waals surface area contributed by atoms with Crippen LogP contribution in [0.25, 0.3) is 0 Å². The van der Waals surface area contributed by atoms with Gasteiger partial charge in [-0.3, -0.25) is 14.5 Å². The number of likely N-dealkylation sites (N-methyl/N-ethyl adjacent to an activating group) is 1. The minimum Gasteiger partial charge on any atom is -0.497 e. The topological polar surface area (TPSA) is 75.2 Å². The lowest BCUT2D eigenvalue weighted by molar-refractivity contribution is -0.156. The van der Waals surface area contributed by atoms with Crippen LogP contribution in [0, 0.1) is 0 Å². The maximum Gasteiger partial charge on any atom is 0.281 e. The molecule has 1 aromatic carbocycles. The van der Waals surface area contributed by atoms with E-state index in [-0.39, 0.29) is 5.91 Å². The molecule has 2 aromatic rings. The number of aromatic nitrogens is 1. The van der Waals surface area contributed by atoms with E-state index in [1.807, 2.05) is 24.3 Å². The number of hydrogen-bond acceptors (Lipinski definition) is 6. The lowest BCUT2D eigenvalue weighted by Crippen LogP contribution is -2.64. The third-order valence-electron chi connectivity index (χ3n) is 5.51. The summed E-state index contributed by atoms with van der Waals surface area (Å²) in [5.41, 5.74) is -0.513. The van der Waals surface area contributed by atoms with Crippen molar-refractivity contribution in [3.05, 3.63) is 42.6 Å². The molecule has 0 unspecified atom stereocenters. The number of carbonyl (C=O) groups is 2. The summed E-state index contributed by atoms with van der Waals surface area (Å²) in [6.45, 7) is 3.92. The fourth-order valence-corrected chi connectivity index (χ4v) is 3.79. The van der Waals surface area contributed by atoms with Gasteiger partial charge in [0.2, 0.25) is 0 Å². The molecule has 3 heterocycles. The van der Waals surface area contributed by atoms with Gasteiger partial charge < -0.3 is 19.3 Å². The van der Waals surface area contributed by atoms with Crippen LogP contribution in [-0.2, 0) is 9.59 Å². The highest BCUT2D eigenvalue weighted by molar-refractivity contribution is 6.15. The van der Waals surface area contributed by atoms with Gasteiger partial charge in [-0.2, -0.15) is 0 Å². The number of nitrogens with zero attached hydrogens (tertiary/aromatic N) is 4. The predicted molar refractivity (Wildman–Crippen MR) is 108 cm³/mol. The molecule has 0 spiro atoms. The van der Waals surface area contributed by atoms with Gasteiger partial charge in [-0.25, -0.2) is 4.98 Å². The summed E-state index contributed by atoms with van der Waals surface area (Å²) in [6, 6.07) is 11.3. The van der Waals surface area contributed by atoms with Crippen molar-refractivity contribution in [2.24, 2.45) is 0 Å². The quantitative estimate of drug-likeness (QED) is 0.733. The number of fused-ring (bicyclic) bond motifs is 1. The first-order chi connectivity index (χ1) is 13.9. The van der Waals surface area contributed by atoms with Crippen LogP contribution in [0.4, 0.5) is 11.5 Å². The number of amides is 2. The minimum absolute atomic E-state index is 0.321. The number of methoxy groups -OCH3 is 1. The van der Waals surface area contributed by atoms with Crippen molar-refractivity contribution in [3.63, 3.8) is 0 Å². The van der Waals surface area contributed by atoms with E-state index in [9.17, 15) is 9.59 Å². The predicted octanol–water partition coefficient (Wildman–Crippen LogP) is 1.55. The fraction of sp³-hybridized carbons (Fsp3) is 0.381. The molecular formula is C21H24N4O4. The van der Waals surface area contributed by atoms with E-state index in [0.29, 0.717) is 37.7 Å². The van der Waals surface area contributed by atoms with Crippen molar-refractivity contribution < 1.29 is 19.1 Å². The molecule has 1 aromatic heterocycles. The average molecular weight is 396 g/mol. The second kappa shape index (κ2) is 7.27. The molecule has 2 aliphatic heterocycles. The summed E-state index contributed by atoms with van der Waals surface area (Å²) < 4.78 is 11.1. The molecule has 4 rings (SSSR count). The highest BCUT2D eigenvalue weighted by Gasteiger charge is 2.52. The molecule has 2 amide bonds. The van der Waals surface area contributed by atoms with Gasteiger partial charge in [-0.05, 0) is 43.3 Å². The van der Waals surface area contributed by atoms with E-state index in [1.165, 1.54) is 4.90 Å². The van der Waals surface area contributed by atoms with Gasteiger partial charge in [0.25, 0.3) is 17.4 Å². The molecule has 0 radical (unpaired) electrons. The summed E-state index contributed by atoms with van der Waals surface area (Å²) in [7, 11) is 3.25. The Kier molecular flexibility index (Phi) is 4.77. The maximum absolute atomic E-state index is 13.3. The second-order valence-electron chi connectivity index (χ2n) is 7.30. The van der Waals surface area contributed by atoms with Crippen LogP contribution in [0.1, 0.15) is 6.92 Å². The lowest BCUT2D eigenvalue weighted by Gasteiger charge is -2.42. The number of piperazine rings is 1. The van der Waals surface area contributed by atoms with Gasteiger partial charge in [0.1, 0.15) is 5.75 Å². The van der Waals surface area contributed by atoms with Crippen LogP contribution in [-0.4, -0.2) is 67.6 Å². The Hall–Kier alpha value is -3.29. The van der Waals surface area contributed by atoms with Gasteiger partial charge in [0, 0.05) is 45.1 Å². The normalized spacial score (nSPS) is 21.5. The van der Waals surface area contributed by atoms with E-state index in [2.05, 4.69) is 9.88 Å². The van der Waals surface area contributed by atoms with Gasteiger partial charge in [-0.15, -0.1) is 0 Å². The van der Waals surface area contributed by atoms with Crippen molar-refractivity contribution >= 4 is 23.3 Å². The standard InChI is InChI=1S/C21H24N4O4/c1-21(19(26)23(2)18-17(29-21)5-4-10-22-18)20(27)25-13-11-24(12-14-25)15-6-8-16(28-3)9-7-15/h4-10H,11-14H2,1-3H3/t21-/m0/s1. The fourth-order valence-electron chi connectivity index (χ4n) is 3.79. The third-order valence-corrected chi connectivity index (χ3v) is 5.51. The minimum atomic E-state index is -1.59. The molecule has 0 saturated carbocycles. The molecule has 152 valence electrons. The highest BCUT2D eigenvalue weighted by atomic mass is 16.5. The summed E-state index contributed by atoms with van der Waals surface area (Å²) in [5.74, 6) is 0.932. The Balaban J connectivity index is 1.47. The van der Waals surface area contributed by atoms with Crippen molar-refractivity contribution in [3.8, 4) is 11.5 Å². The molecule has 0 bridgehead atoms. The number of ether oxygens (including phenoxy) is 2. The Bertz CT molecular complexity index is 925. The number of benzene rings is 1. The first kappa shape index (κ1) is 19.0. The second-order valence-corrected chi connectivity index (χ2v) is 7.30. The summed E-state index contributed by atoms with van der Waals surface area (Å²) in [4.78, 5) is 35.7. The third kappa shape index (κ3) is 3.24. The molecule has 1 saturated heterocycles. The first-order valence-electron chi connectivity index (χ1n) is 9.54. The van der Waals surface area contributed by atoms with Crippen LogP contribution in [0.2, 0.25) is 0 Å². The van der Waals surface area contributed by atoms with Crippen LogP contribution >= 0.6 is 0 Å². The molecule has 0 N–H and O–H groups in total. The summed E-state index contributed by atoms with van der Waals surface area (Å²) in [6.07, 6.45) is 1.59. The van der Waals surface area contributed by atoms with Crippen LogP contribution < -0.4 is 19.3 Å². The van der Waals surface area contributed by atoms with E-state index < -0.39 is 11.5 Å². The zero-order chi connectivity index (χ0) is 20.6. The van der Waals surface area contributed by atoms with Crippen molar-refractivity contribution in [1.82, 2.24) is 9.88 Å². The van der Waals surface area contributed by atoms with Crippen molar-refractivity contribution in [2.45, 2.75) is 12.5 Å². The van der Waals surface area contributed by atoms with Crippen LogP contribution in [0.15, 0.2) is 42.6 Å². The number of hydrogen-bond donors (Lipinski definition) is 0. The van der Waals surface area contributed by atoms with Crippen LogP contribution in [0.3, 0.4) is 0 Å². The number of pyridine rings is 1. The smallest absolute Gasteiger partial charge is 0.281 e. The number of carbonyl (C=O) groups excluding carboxylic acids is 2. The molecule has 0 aliphatic carbocycles. The first-order valence-corrected chi connectivity index (χ1v) is 9.54. The van der Waals surface area contributed by atoms with Crippen molar-refractivity contribution in [2.75, 3.05) is 50.1 Å². The number of anilines is 2. The summed E-state index contributed by atoms with van der Waals surface area (Å²) >= 11 is 0. The lowest BCUT2D eigenvalue weighted by atomic mass is 10.00. The van der Waals surface area contributed by atoms with E-state index in [4.69, 9.17) is 9.47 Å². The Morgan fingerprint density at radius 1 is 1.14 bits per heavy atom. The van der Waals surface area contributed by atoms with Gasteiger partial charge in [-0.1, -0.05) is 0 Å². The SMILES string of the molecule is COc1ccc(N2CCN(C(=O)[C@@]3(C)Oc4cccnc4N(C)C3=O)CC2)cc1. The van der Waals surface area contributed by atoms with Gasteiger partial charge in [0.05, 0.1) is 7.11 Å². The monoisotopic (exact) mass is 396 g/mol. The molecular weight excluding hydrogens is 372 g/mol. The Morgan fingerprint density at radius 3 is 2.48 bits per heavy atom. The largest absolute Gasteiger partial charge is 0.497 e. The zero-order valence-electron chi connectivity index (χ0n) is 16.8. The van der Waals surface area contributed by atoms with E-state index >= 15 is 0 Å². The van der Waals surface area contributed by atoms with Crippen molar-refractivity contribution in [1.29, 1.82) is 0 Å². The molecule has 8 nitrogen and oxygen atoms in total. The molecule has 8 heteroatoms. The summed E-state index contributed by atoms with van der Waals surface area (Å²) in [5, 5.41) is 0. The van der Waals surface area contributed by atoms with E-state index in [0.717, 1.165) is 11.4 Å². The molecule has 1 atom stereocenters. The molecule has 1 fully saturated rings. The maximum atomic E-state index is 13.3. The molecule has 29 heavy (non-hydrogen) atoms. The molecule has 2 aliphatic rings. The Morgan fingerprint density at radius 2 is 1.83 bits per heavy atom.